The number of carboxylic acids is 1. The Morgan fingerprint density at radius 2 is 2.17 bits per heavy atom. The first-order valence-electron chi connectivity index (χ1n) is 5.38. The minimum Gasteiger partial charge on any atom is -0.481 e. The number of nitrogens with zero attached hydrogens (tertiary/aromatic N) is 3. The van der Waals surface area contributed by atoms with E-state index in [9.17, 15) is 4.79 Å². The summed E-state index contributed by atoms with van der Waals surface area (Å²) < 4.78 is 2.67. The van der Waals surface area contributed by atoms with E-state index in [2.05, 4.69) is 26.2 Å². The van der Waals surface area contributed by atoms with E-state index in [1.54, 1.807) is 4.68 Å². The molecular formula is C12H12BrN3O2. The van der Waals surface area contributed by atoms with Crippen molar-refractivity contribution in [2.75, 3.05) is 0 Å². The number of rotatable bonds is 3. The molecule has 0 saturated carbocycles. The Morgan fingerprint density at radius 3 is 2.78 bits per heavy atom. The molecule has 0 aliphatic rings. The van der Waals surface area contributed by atoms with Gasteiger partial charge in [-0.3, -0.25) is 4.79 Å². The average molecular weight is 310 g/mol. The maximum atomic E-state index is 10.7. The van der Waals surface area contributed by atoms with Crippen molar-refractivity contribution < 1.29 is 9.90 Å². The summed E-state index contributed by atoms with van der Waals surface area (Å²) in [6, 6.07) is 5.81. The minimum atomic E-state index is -0.905. The molecular weight excluding hydrogens is 298 g/mol. The molecule has 1 aromatic heterocycles. The van der Waals surface area contributed by atoms with Gasteiger partial charge in [0, 0.05) is 4.47 Å². The maximum Gasteiger partial charge on any atom is 0.309 e. The quantitative estimate of drug-likeness (QED) is 0.944. The second kappa shape index (κ2) is 4.89. The highest BCUT2D eigenvalue weighted by molar-refractivity contribution is 9.10. The smallest absolute Gasteiger partial charge is 0.309 e. The maximum absolute atomic E-state index is 10.7. The van der Waals surface area contributed by atoms with Gasteiger partial charge in [-0.1, -0.05) is 21.1 Å². The van der Waals surface area contributed by atoms with Gasteiger partial charge in [0.1, 0.15) is 0 Å². The summed E-state index contributed by atoms with van der Waals surface area (Å²) in [6.45, 7) is 3.80. The van der Waals surface area contributed by atoms with Gasteiger partial charge < -0.3 is 5.11 Å². The molecule has 0 aliphatic carbocycles. The van der Waals surface area contributed by atoms with E-state index in [-0.39, 0.29) is 6.42 Å². The molecule has 5 nitrogen and oxygen atoms in total. The van der Waals surface area contributed by atoms with E-state index in [4.69, 9.17) is 5.11 Å². The highest BCUT2D eigenvalue weighted by atomic mass is 79.9. The van der Waals surface area contributed by atoms with Crippen molar-refractivity contribution in [3.63, 3.8) is 0 Å². The lowest BCUT2D eigenvalue weighted by molar-refractivity contribution is -0.136. The lowest BCUT2D eigenvalue weighted by Crippen LogP contribution is -2.03. The van der Waals surface area contributed by atoms with Crippen LogP contribution in [0.15, 0.2) is 22.7 Å². The van der Waals surface area contributed by atoms with Crippen LogP contribution in [0.2, 0.25) is 0 Å². The van der Waals surface area contributed by atoms with Gasteiger partial charge in [-0.25, -0.2) is 4.68 Å². The third kappa shape index (κ3) is 2.43. The van der Waals surface area contributed by atoms with Crippen LogP contribution >= 0.6 is 15.9 Å². The van der Waals surface area contributed by atoms with Crippen molar-refractivity contribution in [1.29, 1.82) is 0 Å². The molecule has 0 fully saturated rings. The van der Waals surface area contributed by atoms with E-state index in [1.165, 1.54) is 0 Å². The molecule has 0 unspecified atom stereocenters. The minimum absolute atomic E-state index is 0.110. The summed E-state index contributed by atoms with van der Waals surface area (Å²) in [6.07, 6.45) is -0.110. The van der Waals surface area contributed by atoms with Crippen molar-refractivity contribution in [2.24, 2.45) is 0 Å². The number of halogens is 1. The fourth-order valence-electron chi connectivity index (χ4n) is 1.67. The van der Waals surface area contributed by atoms with Crippen LogP contribution in [0.1, 0.15) is 17.0 Å². The van der Waals surface area contributed by atoms with Crippen LogP contribution < -0.4 is 0 Å². The summed E-state index contributed by atoms with van der Waals surface area (Å²) in [4.78, 5) is 10.7. The monoisotopic (exact) mass is 309 g/mol. The molecule has 2 rings (SSSR count). The molecule has 94 valence electrons. The number of carboxylic acid groups (broad SMARTS) is 1. The van der Waals surface area contributed by atoms with Gasteiger partial charge in [-0.15, -0.1) is 5.10 Å². The second-order valence-corrected chi connectivity index (χ2v) is 4.89. The molecule has 0 saturated heterocycles. The first kappa shape index (κ1) is 12.8. The lowest BCUT2D eigenvalue weighted by Gasteiger charge is -2.05. The van der Waals surface area contributed by atoms with E-state index in [0.717, 1.165) is 21.4 Å². The van der Waals surface area contributed by atoms with E-state index >= 15 is 0 Å². The summed E-state index contributed by atoms with van der Waals surface area (Å²) in [5.41, 5.74) is 3.20. The lowest BCUT2D eigenvalue weighted by atomic mass is 10.2. The van der Waals surface area contributed by atoms with Crippen molar-refractivity contribution >= 4 is 21.9 Å². The van der Waals surface area contributed by atoms with Gasteiger partial charge in [-0.05, 0) is 37.6 Å². The Labute approximate surface area is 113 Å². The highest BCUT2D eigenvalue weighted by Gasteiger charge is 2.13. The number of hydrogen-bond acceptors (Lipinski definition) is 3. The van der Waals surface area contributed by atoms with Gasteiger partial charge in [-0.2, -0.15) is 0 Å². The van der Waals surface area contributed by atoms with Gasteiger partial charge >= 0.3 is 5.97 Å². The molecule has 0 aliphatic heterocycles. The topological polar surface area (TPSA) is 68.0 Å². The van der Waals surface area contributed by atoms with Gasteiger partial charge in [0.05, 0.1) is 23.5 Å². The van der Waals surface area contributed by atoms with Crippen molar-refractivity contribution in [3.05, 3.63) is 39.6 Å². The first-order valence-corrected chi connectivity index (χ1v) is 6.18. The number of benzene rings is 1. The molecule has 2 aromatic rings. The number of aryl methyl sites for hydroxylation is 1. The Hall–Kier alpha value is -1.69. The van der Waals surface area contributed by atoms with Crippen LogP contribution in [0.5, 0.6) is 0 Å². The van der Waals surface area contributed by atoms with Crippen LogP contribution in [0.3, 0.4) is 0 Å². The Kier molecular flexibility index (Phi) is 3.47. The largest absolute Gasteiger partial charge is 0.481 e. The molecule has 0 bridgehead atoms. The number of hydrogen-bond donors (Lipinski definition) is 1. The Balaban J connectivity index is 2.42. The van der Waals surface area contributed by atoms with Crippen LogP contribution in [0.25, 0.3) is 5.69 Å². The van der Waals surface area contributed by atoms with Crippen LogP contribution in [-0.2, 0) is 11.2 Å². The molecule has 1 aromatic carbocycles. The Bertz CT molecular complexity index is 607. The summed E-state index contributed by atoms with van der Waals surface area (Å²) in [5, 5.41) is 16.7. The predicted octanol–water partition coefficient (Wildman–Crippen LogP) is 2.27. The van der Waals surface area contributed by atoms with Crippen molar-refractivity contribution in [3.8, 4) is 5.69 Å². The summed E-state index contributed by atoms with van der Waals surface area (Å²) >= 11 is 3.44. The second-order valence-electron chi connectivity index (χ2n) is 4.04. The van der Waals surface area contributed by atoms with Gasteiger partial charge in [0.2, 0.25) is 0 Å². The van der Waals surface area contributed by atoms with Crippen molar-refractivity contribution in [2.45, 2.75) is 20.3 Å². The zero-order valence-electron chi connectivity index (χ0n) is 10.0. The van der Waals surface area contributed by atoms with Crippen LogP contribution in [0.4, 0.5) is 0 Å². The Morgan fingerprint density at radius 1 is 1.44 bits per heavy atom. The van der Waals surface area contributed by atoms with E-state index in [1.807, 2.05) is 32.0 Å². The molecule has 0 amide bonds. The van der Waals surface area contributed by atoms with Crippen LogP contribution in [-0.4, -0.2) is 26.1 Å². The molecule has 0 atom stereocenters. The highest BCUT2D eigenvalue weighted by Crippen LogP contribution is 2.20. The summed E-state index contributed by atoms with van der Waals surface area (Å²) in [7, 11) is 0. The standard InChI is InChI=1S/C12H12BrN3O2/c1-7-5-9(3-4-10(7)13)16-8(2)11(14-15-16)6-12(17)18/h3-5H,6H2,1-2H3,(H,17,18). The zero-order valence-corrected chi connectivity index (χ0v) is 11.6. The molecule has 0 radical (unpaired) electrons. The molecule has 0 spiro atoms. The molecule has 1 heterocycles. The van der Waals surface area contributed by atoms with E-state index < -0.39 is 5.97 Å². The normalized spacial score (nSPS) is 10.6. The van der Waals surface area contributed by atoms with Crippen molar-refractivity contribution in [1.82, 2.24) is 15.0 Å². The SMILES string of the molecule is Cc1cc(-n2nnc(CC(=O)O)c2C)ccc1Br. The van der Waals surface area contributed by atoms with E-state index in [0.29, 0.717) is 5.69 Å². The first-order chi connectivity index (χ1) is 8.49. The summed E-state index contributed by atoms with van der Waals surface area (Å²) in [5.74, 6) is -0.905. The van der Waals surface area contributed by atoms with Gasteiger partial charge in [0.15, 0.2) is 0 Å². The zero-order chi connectivity index (χ0) is 13.3. The number of aromatic nitrogens is 3. The third-order valence-corrected chi connectivity index (χ3v) is 3.58. The molecule has 1 N–H and O–H groups in total. The third-order valence-electron chi connectivity index (χ3n) is 2.69. The fraction of sp³-hybridized carbons (Fsp3) is 0.250. The molecule has 6 heteroatoms. The molecule has 18 heavy (non-hydrogen) atoms. The number of carbonyl (C=O) groups is 1. The number of aliphatic carboxylic acids is 1. The predicted molar refractivity (Wildman–Crippen MR) is 69.9 cm³/mol. The fourth-order valence-corrected chi connectivity index (χ4v) is 1.92. The average Bonchev–Trinajstić information content (AvgIpc) is 2.64. The van der Waals surface area contributed by atoms with Crippen LogP contribution in [0, 0.1) is 13.8 Å². The van der Waals surface area contributed by atoms with Gasteiger partial charge in [0.25, 0.3) is 0 Å².